The first kappa shape index (κ1) is 18.1. The number of nitrogens with one attached hydrogen (secondary N) is 1. The zero-order chi connectivity index (χ0) is 18.7. The van der Waals surface area contributed by atoms with Gasteiger partial charge in [-0.15, -0.1) is 0 Å². The lowest BCUT2D eigenvalue weighted by molar-refractivity contribution is -0.0328. The monoisotopic (exact) mass is 378 g/mol. The zero-order valence-corrected chi connectivity index (χ0v) is 14.3. The molecule has 0 unspecified atom stereocenters. The highest BCUT2D eigenvalue weighted by molar-refractivity contribution is 8.00. The molecule has 1 heterocycles. The van der Waals surface area contributed by atoms with Gasteiger partial charge in [0.15, 0.2) is 5.89 Å². The summed E-state index contributed by atoms with van der Waals surface area (Å²) in [4.78, 5) is 16.4. The second kappa shape index (κ2) is 7.25. The Balaban J connectivity index is 1.66. The summed E-state index contributed by atoms with van der Waals surface area (Å²) in [5.74, 6) is 0.156. The van der Waals surface area contributed by atoms with Gasteiger partial charge in [-0.1, -0.05) is 12.1 Å². The largest absolute Gasteiger partial charge is 0.449 e. The summed E-state index contributed by atoms with van der Waals surface area (Å²) >= 11 is -0.219. The molecule has 0 saturated carbocycles. The van der Waals surface area contributed by atoms with Crippen LogP contribution in [0.4, 0.5) is 18.9 Å². The van der Waals surface area contributed by atoms with Crippen molar-refractivity contribution in [1.29, 1.82) is 0 Å². The number of hydrogen-bond acceptors (Lipinski definition) is 4. The van der Waals surface area contributed by atoms with Crippen LogP contribution in [0.5, 0.6) is 0 Å². The van der Waals surface area contributed by atoms with Gasteiger partial charge in [0.1, 0.15) is 12.0 Å². The van der Waals surface area contributed by atoms with Gasteiger partial charge in [0, 0.05) is 28.6 Å². The van der Waals surface area contributed by atoms with Gasteiger partial charge in [-0.25, -0.2) is 4.98 Å². The van der Waals surface area contributed by atoms with E-state index in [1.807, 2.05) is 0 Å². The molecule has 26 heavy (non-hydrogen) atoms. The van der Waals surface area contributed by atoms with Gasteiger partial charge >= 0.3 is 5.51 Å². The smallest absolute Gasteiger partial charge is 0.446 e. The van der Waals surface area contributed by atoms with Crippen molar-refractivity contribution in [3.63, 3.8) is 0 Å². The van der Waals surface area contributed by atoms with E-state index < -0.39 is 11.4 Å². The van der Waals surface area contributed by atoms with Gasteiger partial charge in [0.25, 0.3) is 5.91 Å². The van der Waals surface area contributed by atoms with E-state index in [9.17, 15) is 18.0 Å². The second-order valence-electron chi connectivity index (χ2n) is 5.36. The molecular formula is C18H13F3N2O2S. The highest BCUT2D eigenvalue weighted by Crippen LogP contribution is 2.36. The maximum Gasteiger partial charge on any atom is 0.446 e. The van der Waals surface area contributed by atoms with Crippen LogP contribution in [0.3, 0.4) is 0 Å². The van der Waals surface area contributed by atoms with Crippen LogP contribution < -0.4 is 5.32 Å². The molecule has 8 heteroatoms. The number of carbonyl (C=O) groups is 1. The molecular weight excluding hydrogens is 365 g/mol. The van der Waals surface area contributed by atoms with E-state index >= 15 is 0 Å². The number of rotatable bonds is 4. The molecule has 1 amide bonds. The number of hydrogen-bond donors (Lipinski definition) is 1. The van der Waals surface area contributed by atoms with Gasteiger partial charge in [-0.3, -0.25) is 4.79 Å². The van der Waals surface area contributed by atoms with E-state index in [0.717, 1.165) is 5.56 Å². The van der Waals surface area contributed by atoms with E-state index in [2.05, 4.69) is 10.3 Å². The molecule has 0 spiro atoms. The maximum atomic E-state index is 12.3. The lowest BCUT2D eigenvalue weighted by atomic mass is 10.1. The van der Waals surface area contributed by atoms with E-state index in [4.69, 9.17) is 4.42 Å². The number of alkyl halides is 3. The number of halogens is 3. The number of aryl methyl sites for hydroxylation is 1. The van der Waals surface area contributed by atoms with Crippen molar-refractivity contribution in [3.05, 3.63) is 66.2 Å². The molecule has 0 fully saturated rings. The van der Waals surface area contributed by atoms with Crippen molar-refractivity contribution in [2.75, 3.05) is 5.32 Å². The maximum absolute atomic E-state index is 12.3. The molecule has 1 N–H and O–H groups in total. The quantitative estimate of drug-likeness (QED) is 0.608. The number of anilines is 1. The molecule has 3 rings (SSSR count). The molecule has 0 aliphatic rings. The van der Waals surface area contributed by atoms with Crippen molar-refractivity contribution in [2.45, 2.75) is 17.3 Å². The fourth-order valence-corrected chi connectivity index (χ4v) is 2.77. The Morgan fingerprint density at radius 3 is 2.27 bits per heavy atom. The van der Waals surface area contributed by atoms with E-state index in [1.165, 1.54) is 24.3 Å². The molecule has 2 aromatic carbocycles. The Hall–Kier alpha value is -2.74. The molecule has 0 aliphatic carbocycles. The minimum absolute atomic E-state index is 0.0290. The normalized spacial score (nSPS) is 11.4. The molecule has 1 aromatic heterocycles. The van der Waals surface area contributed by atoms with Crippen LogP contribution in [-0.4, -0.2) is 16.4 Å². The number of thioether (sulfide) groups is 1. The van der Waals surface area contributed by atoms with E-state index in [-0.39, 0.29) is 22.2 Å². The number of aromatic nitrogens is 1. The molecule has 0 aliphatic heterocycles. The first-order valence-corrected chi connectivity index (χ1v) is 8.31. The summed E-state index contributed by atoms with van der Waals surface area (Å²) < 4.78 is 42.1. The van der Waals surface area contributed by atoms with Crippen LogP contribution in [-0.2, 0) is 0 Å². The van der Waals surface area contributed by atoms with Crippen LogP contribution in [0.2, 0.25) is 0 Å². The third-order valence-corrected chi connectivity index (χ3v) is 4.15. The highest BCUT2D eigenvalue weighted by atomic mass is 32.2. The molecule has 4 nitrogen and oxygen atoms in total. The minimum atomic E-state index is -4.35. The molecule has 0 bridgehead atoms. The van der Waals surface area contributed by atoms with Crippen LogP contribution in [0.25, 0.3) is 11.3 Å². The Labute approximate surface area is 151 Å². The number of benzene rings is 2. The van der Waals surface area contributed by atoms with Gasteiger partial charge in [-0.2, -0.15) is 13.2 Å². The first-order valence-electron chi connectivity index (χ1n) is 7.50. The average Bonchev–Trinajstić information content (AvgIpc) is 3.01. The van der Waals surface area contributed by atoms with Gasteiger partial charge in [0.2, 0.25) is 0 Å². The van der Waals surface area contributed by atoms with Gasteiger partial charge in [-0.05, 0) is 48.2 Å². The lowest BCUT2D eigenvalue weighted by Crippen LogP contribution is -2.11. The van der Waals surface area contributed by atoms with Crippen molar-refractivity contribution in [2.24, 2.45) is 0 Å². The van der Waals surface area contributed by atoms with Gasteiger partial charge in [0.05, 0.1) is 0 Å². The molecule has 3 aromatic rings. The molecule has 0 atom stereocenters. The lowest BCUT2D eigenvalue weighted by Gasteiger charge is -2.08. The van der Waals surface area contributed by atoms with Crippen molar-refractivity contribution in [1.82, 2.24) is 4.98 Å². The molecule has 134 valence electrons. The van der Waals surface area contributed by atoms with Crippen LogP contribution >= 0.6 is 11.8 Å². The standard InChI is InChI=1S/C18H13F3N2O2S/c1-11-22-16(10-25-11)12-2-6-14(7-3-12)23-17(24)13-4-8-15(9-5-13)26-18(19,20)21/h2-10H,1H3,(H,23,24). The van der Waals surface area contributed by atoms with Crippen molar-refractivity contribution in [3.8, 4) is 11.3 Å². The summed E-state index contributed by atoms with van der Waals surface area (Å²) in [6.07, 6.45) is 1.55. The van der Waals surface area contributed by atoms with Crippen molar-refractivity contribution < 1.29 is 22.4 Å². The number of carbonyl (C=O) groups excluding carboxylic acids is 1. The topological polar surface area (TPSA) is 55.1 Å². The predicted octanol–water partition coefficient (Wildman–Crippen LogP) is 5.51. The fourth-order valence-electron chi connectivity index (χ4n) is 2.23. The Bertz CT molecular complexity index is 903. The van der Waals surface area contributed by atoms with Gasteiger partial charge < -0.3 is 9.73 Å². The summed E-state index contributed by atoms with van der Waals surface area (Å²) in [5, 5.41) is 2.70. The van der Waals surface area contributed by atoms with Crippen LogP contribution in [0.1, 0.15) is 16.2 Å². The summed E-state index contributed by atoms with van der Waals surface area (Å²) in [6.45, 7) is 1.75. The Kier molecular flexibility index (Phi) is 5.03. The van der Waals surface area contributed by atoms with E-state index in [0.29, 0.717) is 17.3 Å². The Morgan fingerprint density at radius 1 is 1.08 bits per heavy atom. The number of oxazole rings is 1. The summed E-state index contributed by atoms with van der Waals surface area (Å²) in [5.41, 5.74) is -1.99. The third kappa shape index (κ3) is 4.66. The fraction of sp³-hybridized carbons (Fsp3) is 0.111. The van der Waals surface area contributed by atoms with Crippen LogP contribution in [0.15, 0.2) is 64.1 Å². The second-order valence-corrected chi connectivity index (χ2v) is 6.49. The zero-order valence-electron chi connectivity index (χ0n) is 13.5. The Morgan fingerprint density at radius 2 is 1.73 bits per heavy atom. The SMILES string of the molecule is Cc1nc(-c2ccc(NC(=O)c3ccc(SC(F)(F)F)cc3)cc2)co1. The van der Waals surface area contributed by atoms with Crippen LogP contribution in [0, 0.1) is 6.92 Å². The van der Waals surface area contributed by atoms with E-state index in [1.54, 1.807) is 37.5 Å². The minimum Gasteiger partial charge on any atom is -0.449 e. The summed E-state index contributed by atoms with van der Waals surface area (Å²) in [7, 11) is 0. The third-order valence-electron chi connectivity index (χ3n) is 3.41. The van der Waals surface area contributed by atoms with Crippen molar-refractivity contribution >= 4 is 23.4 Å². The average molecular weight is 378 g/mol. The highest BCUT2D eigenvalue weighted by Gasteiger charge is 2.29. The number of nitrogens with zero attached hydrogens (tertiary/aromatic N) is 1. The molecule has 0 saturated heterocycles. The first-order chi connectivity index (χ1) is 12.3. The predicted molar refractivity (Wildman–Crippen MR) is 93.0 cm³/mol. The number of amides is 1. The molecule has 0 radical (unpaired) electrons. The summed E-state index contributed by atoms with van der Waals surface area (Å²) in [6, 6.07) is 12.3.